The van der Waals surface area contributed by atoms with Gasteiger partial charge in [0.2, 0.25) is 15.9 Å². The van der Waals surface area contributed by atoms with Crippen molar-refractivity contribution in [1.29, 1.82) is 0 Å². The molecular formula is C35H47N3O7S. The summed E-state index contributed by atoms with van der Waals surface area (Å²) in [6.45, 7) is 4.72. The molecule has 4 N–H and O–H groups in total. The molecule has 0 heterocycles. The van der Waals surface area contributed by atoms with Crippen LogP contribution in [0.5, 0.6) is 0 Å². The van der Waals surface area contributed by atoms with Gasteiger partial charge in [0.05, 0.1) is 31.3 Å². The quantitative estimate of drug-likeness (QED) is 0.202. The van der Waals surface area contributed by atoms with Crippen molar-refractivity contribution in [2.45, 2.75) is 88.0 Å². The number of benzene rings is 3. The van der Waals surface area contributed by atoms with Crippen LogP contribution in [0.25, 0.3) is 0 Å². The zero-order valence-corrected chi connectivity index (χ0v) is 27.8. The van der Waals surface area contributed by atoms with E-state index in [2.05, 4.69) is 0 Å². The number of ether oxygens (including phenoxy) is 1. The van der Waals surface area contributed by atoms with Gasteiger partial charge in [-0.25, -0.2) is 18.1 Å². The van der Waals surface area contributed by atoms with E-state index in [0.29, 0.717) is 24.8 Å². The van der Waals surface area contributed by atoms with Crippen molar-refractivity contribution < 1.29 is 33.0 Å². The number of nitrogens with zero attached hydrogens (tertiary/aromatic N) is 2. The number of nitrogens with two attached hydrogens (primary N) is 1. The second kappa shape index (κ2) is 17.3. The molecule has 0 bridgehead atoms. The van der Waals surface area contributed by atoms with Crippen molar-refractivity contribution in [3.63, 3.8) is 0 Å². The number of methoxy groups -OCH3 is 1. The van der Waals surface area contributed by atoms with E-state index in [1.807, 2.05) is 67.6 Å². The average molecular weight is 654 g/mol. The van der Waals surface area contributed by atoms with E-state index >= 15 is 0 Å². The second-order valence-electron chi connectivity index (χ2n) is 11.6. The molecule has 250 valence electrons. The highest BCUT2D eigenvalue weighted by molar-refractivity contribution is 7.89. The maximum absolute atomic E-state index is 14.1. The van der Waals surface area contributed by atoms with Crippen LogP contribution in [-0.4, -0.2) is 77.7 Å². The van der Waals surface area contributed by atoms with Gasteiger partial charge in [-0.05, 0) is 68.4 Å². The van der Waals surface area contributed by atoms with Gasteiger partial charge in [0, 0.05) is 24.0 Å². The SMILES string of the molecule is CC[C@@H](CCC[C@@H](CO)N(C(C)C)S(=O)(=O)c1ccc(CO)cc1)N(C(=O)OC)C(=O)[C@@H](N)C(c1ccccc1)c1ccccc1. The Morgan fingerprint density at radius 3 is 1.80 bits per heavy atom. The van der Waals surface area contributed by atoms with Crippen LogP contribution in [0.3, 0.4) is 0 Å². The molecule has 0 saturated heterocycles. The van der Waals surface area contributed by atoms with Crippen LogP contribution in [0.15, 0.2) is 89.8 Å². The minimum Gasteiger partial charge on any atom is -0.452 e. The Hall–Kier alpha value is -3.61. The molecule has 46 heavy (non-hydrogen) atoms. The average Bonchev–Trinajstić information content (AvgIpc) is 3.07. The molecule has 0 radical (unpaired) electrons. The number of amides is 2. The van der Waals surface area contributed by atoms with Crippen LogP contribution in [0, 0.1) is 0 Å². The van der Waals surface area contributed by atoms with E-state index in [0.717, 1.165) is 16.0 Å². The maximum Gasteiger partial charge on any atom is 0.416 e. The maximum atomic E-state index is 14.1. The summed E-state index contributed by atoms with van der Waals surface area (Å²) >= 11 is 0. The van der Waals surface area contributed by atoms with E-state index < -0.39 is 58.7 Å². The Labute approximate surface area is 272 Å². The lowest BCUT2D eigenvalue weighted by Gasteiger charge is -2.35. The van der Waals surface area contributed by atoms with Crippen LogP contribution in [-0.2, 0) is 26.2 Å². The fourth-order valence-electron chi connectivity index (χ4n) is 5.94. The van der Waals surface area contributed by atoms with E-state index in [1.165, 1.54) is 23.5 Å². The number of rotatable bonds is 16. The minimum absolute atomic E-state index is 0.0612. The standard InChI is InChI=1S/C35H47N3O7S/c1-5-29(17-12-18-30(24-40)38(25(2)3)46(43,44)31-21-19-26(23-39)20-22-31)37(35(42)45-4)34(41)33(36)32(27-13-8-6-9-14-27)28-15-10-7-11-16-28/h6-11,13-16,19-22,25,29-30,32-33,39-40H,5,12,17-18,23-24,36H2,1-4H3/t29-,30-,33-/m0/s1. The topological polar surface area (TPSA) is 150 Å². The first kappa shape index (κ1) is 36.9. The summed E-state index contributed by atoms with van der Waals surface area (Å²) in [5.74, 6) is -1.09. The summed E-state index contributed by atoms with van der Waals surface area (Å²) in [6.07, 6.45) is 0.637. The predicted octanol–water partition coefficient (Wildman–Crippen LogP) is 4.64. The zero-order valence-electron chi connectivity index (χ0n) is 27.0. The lowest BCUT2D eigenvalue weighted by molar-refractivity contribution is -0.133. The second-order valence-corrected chi connectivity index (χ2v) is 13.4. The highest BCUT2D eigenvalue weighted by atomic mass is 32.2. The minimum atomic E-state index is -3.98. The lowest BCUT2D eigenvalue weighted by Crippen LogP contribution is -2.53. The number of hydrogen-bond acceptors (Lipinski definition) is 8. The number of hydrogen-bond donors (Lipinski definition) is 3. The van der Waals surface area contributed by atoms with Gasteiger partial charge in [0.15, 0.2) is 0 Å². The van der Waals surface area contributed by atoms with Crippen LogP contribution < -0.4 is 5.73 Å². The Balaban J connectivity index is 1.84. The molecule has 10 nitrogen and oxygen atoms in total. The molecule has 3 aromatic rings. The molecule has 0 aliphatic carbocycles. The fraction of sp³-hybridized carbons (Fsp3) is 0.429. The van der Waals surface area contributed by atoms with Crippen LogP contribution in [0.1, 0.15) is 69.1 Å². The van der Waals surface area contributed by atoms with Gasteiger partial charge < -0.3 is 20.7 Å². The van der Waals surface area contributed by atoms with Crippen molar-refractivity contribution in [2.75, 3.05) is 13.7 Å². The number of carbonyl (C=O) groups excluding carboxylic acids is 2. The first-order valence-corrected chi connectivity index (χ1v) is 17.1. The van der Waals surface area contributed by atoms with E-state index in [-0.39, 0.29) is 17.9 Å². The number of sulfonamides is 1. The number of carbonyl (C=O) groups is 2. The molecule has 0 spiro atoms. The van der Waals surface area contributed by atoms with Gasteiger partial charge in [-0.15, -0.1) is 0 Å². The highest BCUT2D eigenvalue weighted by Gasteiger charge is 2.38. The van der Waals surface area contributed by atoms with Gasteiger partial charge in [0.25, 0.3) is 0 Å². The van der Waals surface area contributed by atoms with Gasteiger partial charge in [-0.1, -0.05) is 79.7 Å². The fourth-order valence-corrected chi connectivity index (χ4v) is 7.78. The van der Waals surface area contributed by atoms with Gasteiger partial charge in [-0.3, -0.25) is 4.79 Å². The normalized spacial score (nSPS) is 13.9. The van der Waals surface area contributed by atoms with Gasteiger partial charge in [-0.2, -0.15) is 4.31 Å². The Bertz CT molecular complexity index is 1450. The highest BCUT2D eigenvalue weighted by Crippen LogP contribution is 2.30. The molecule has 0 saturated carbocycles. The summed E-state index contributed by atoms with van der Waals surface area (Å²) in [4.78, 5) is 28.4. The third-order valence-corrected chi connectivity index (χ3v) is 10.4. The lowest BCUT2D eigenvalue weighted by atomic mass is 9.84. The molecular weight excluding hydrogens is 606 g/mol. The summed E-state index contributed by atoms with van der Waals surface area (Å²) < 4.78 is 33.6. The molecule has 3 rings (SSSR count). The van der Waals surface area contributed by atoms with E-state index in [4.69, 9.17) is 10.5 Å². The van der Waals surface area contributed by atoms with Crippen molar-refractivity contribution in [3.05, 3.63) is 102 Å². The summed E-state index contributed by atoms with van der Waals surface area (Å²) in [5.41, 5.74) is 8.94. The Morgan fingerprint density at radius 1 is 0.848 bits per heavy atom. The predicted molar refractivity (Wildman–Crippen MR) is 177 cm³/mol. The van der Waals surface area contributed by atoms with Gasteiger partial charge in [0.1, 0.15) is 0 Å². The van der Waals surface area contributed by atoms with Crippen LogP contribution in [0.2, 0.25) is 0 Å². The number of aliphatic hydroxyl groups excluding tert-OH is 2. The number of aliphatic hydroxyl groups is 2. The molecule has 0 aliphatic heterocycles. The van der Waals surface area contributed by atoms with Crippen molar-refractivity contribution >= 4 is 22.0 Å². The first-order chi connectivity index (χ1) is 22.0. The summed E-state index contributed by atoms with van der Waals surface area (Å²) in [5, 5.41) is 19.7. The van der Waals surface area contributed by atoms with E-state index in [1.54, 1.807) is 26.0 Å². The smallest absolute Gasteiger partial charge is 0.416 e. The zero-order chi connectivity index (χ0) is 33.9. The molecule has 2 amide bonds. The summed E-state index contributed by atoms with van der Waals surface area (Å²) in [7, 11) is -2.76. The molecule has 3 aromatic carbocycles. The Kier molecular flexibility index (Phi) is 13.9. The van der Waals surface area contributed by atoms with Crippen molar-refractivity contribution in [1.82, 2.24) is 9.21 Å². The molecule has 11 heteroatoms. The first-order valence-electron chi connectivity index (χ1n) is 15.6. The molecule has 0 fully saturated rings. The number of imide groups is 1. The third-order valence-electron chi connectivity index (χ3n) is 8.24. The van der Waals surface area contributed by atoms with Crippen LogP contribution in [0.4, 0.5) is 4.79 Å². The molecule has 0 unspecified atom stereocenters. The molecule has 0 aliphatic rings. The van der Waals surface area contributed by atoms with Gasteiger partial charge >= 0.3 is 6.09 Å². The monoisotopic (exact) mass is 653 g/mol. The third kappa shape index (κ3) is 8.80. The molecule has 3 atom stereocenters. The Morgan fingerprint density at radius 2 is 1.37 bits per heavy atom. The van der Waals surface area contributed by atoms with E-state index in [9.17, 15) is 28.2 Å². The molecule has 0 aromatic heterocycles. The van der Waals surface area contributed by atoms with Crippen molar-refractivity contribution in [2.24, 2.45) is 5.73 Å². The largest absolute Gasteiger partial charge is 0.452 e. The van der Waals surface area contributed by atoms with Crippen LogP contribution >= 0.6 is 0 Å². The van der Waals surface area contributed by atoms with Crippen molar-refractivity contribution in [3.8, 4) is 0 Å². The summed E-state index contributed by atoms with van der Waals surface area (Å²) in [6, 6.07) is 22.0.